The number of carbonyl (C=O) groups excluding carboxylic acids is 2. The SMILES string of the molecule is Cc1ccc(C(=O)c2ccccc2C(=O)N(C)CCO)cc1. The lowest BCUT2D eigenvalue weighted by Crippen LogP contribution is -2.30. The number of likely N-dealkylation sites (N-methyl/N-ethyl adjacent to an activating group) is 1. The van der Waals surface area contributed by atoms with Crippen LogP contribution in [-0.4, -0.2) is 41.9 Å². The van der Waals surface area contributed by atoms with Gasteiger partial charge in [-0.2, -0.15) is 0 Å². The van der Waals surface area contributed by atoms with E-state index in [1.165, 1.54) is 4.90 Å². The van der Waals surface area contributed by atoms with Crippen LogP contribution < -0.4 is 0 Å². The second-order valence-electron chi connectivity index (χ2n) is 5.19. The van der Waals surface area contributed by atoms with Gasteiger partial charge in [-0.3, -0.25) is 9.59 Å². The van der Waals surface area contributed by atoms with Crippen LogP contribution in [0.15, 0.2) is 48.5 Å². The number of nitrogens with zero attached hydrogens (tertiary/aromatic N) is 1. The van der Waals surface area contributed by atoms with E-state index in [1.54, 1.807) is 43.4 Å². The average Bonchev–Trinajstić information content (AvgIpc) is 2.54. The van der Waals surface area contributed by atoms with Crippen LogP contribution in [0.25, 0.3) is 0 Å². The minimum Gasteiger partial charge on any atom is -0.395 e. The number of aliphatic hydroxyl groups excluding tert-OH is 1. The number of hydrogen-bond donors (Lipinski definition) is 1. The topological polar surface area (TPSA) is 57.6 Å². The highest BCUT2D eigenvalue weighted by atomic mass is 16.3. The maximum atomic E-state index is 12.6. The van der Waals surface area contributed by atoms with Crippen LogP contribution >= 0.6 is 0 Å². The number of rotatable bonds is 5. The van der Waals surface area contributed by atoms with Gasteiger partial charge in [0.25, 0.3) is 5.91 Å². The average molecular weight is 297 g/mol. The van der Waals surface area contributed by atoms with Gasteiger partial charge < -0.3 is 10.0 Å². The largest absolute Gasteiger partial charge is 0.395 e. The third-order valence-electron chi connectivity index (χ3n) is 3.50. The summed E-state index contributed by atoms with van der Waals surface area (Å²) < 4.78 is 0. The molecule has 0 heterocycles. The Morgan fingerprint density at radius 1 is 1.00 bits per heavy atom. The molecule has 0 saturated heterocycles. The van der Waals surface area contributed by atoms with Gasteiger partial charge in [0.1, 0.15) is 0 Å². The molecule has 0 radical (unpaired) electrons. The Kier molecular flexibility index (Phi) is 5.07. The molecule has 0 unspecified atom stereocenters. The van der Waals surface area contributed by atoms with Gasteiger partial charge in [0.15, 0.2) is 5.78 Å². The standard InChI is InChI=1S/C18H19NO3/c1-13-7-9-14(10-8-13)17(21)15-5-3-4-6-16(15)18(22)19(2)11-12-20/h3-10,20H,11-12H2,1-2H3. The van der Waals surface area contributed by atoms with Crippen molar-refractivity contribution in [2.45, 2.75) is 6.92 Å². The zero-order chi connectivity index (χ0) is 16.1. The summed E-state index contributed by atoms with van der Waals surface area (Å²) in [5.41, 5.74) is 2.35. The quantitative estimate of drug-likeness (QED) is 0.861. The normalized spacial score (nSPS) is 10.3. The predicted molar refractivity (Wildman–Crippen MR) is 85.1 cm³/mol. The first-order valence-corrected chi connectivity index (χ1v) is 7.11. The van der Waals surface area contributed by atoms with Gasteiger partial charge in [-0.15, -0.1) is 0 Å². The fraction of sp³-hybridized carbons (Fsp3) is 0.222. The third-order valence-corrected chi connectivity index (χ3v) is 3.50. The molecule has 0 aliphatic carbocycles. The van der Waals surface area contributed by atoms with E-state index < -0.39 is 0 Å². The molecule has 2 aromatic rings. The van der Waals surface area contributed by atoms with Gasteiger partial charge in [-0.1, -0.05) is 48.0 Å². The number of aryl methyl sites for hydroxylation is 1. The van der Waals surface area contributed by atoms with E-state index >= 15 is 0 Å². The van der Waals surface area contributed by atoms with Crippen LogP contribution in [0.1, 0.15) is 31.8 Å². The summed E-state index contributed by atoms with van der Waals surface area (Å²) >= 11 is 0. The summed E-state index contributed by atoms with van der Waals surface area (Å²) in [4.78, 5) is 26.5. The van der Waals surface area contributed by atoms with E-state index in [-0.39, 0.29) is 24.8 Å². The van der Waals surface area contributed by atoms with Crippen molar-refractivity contribution in [1.82, 2.24) is 4.90 Å². The molecule has 2 aromatic carbocycles. The van der Waals surface area contributed by atoms with Crippen molar-refractivity contribution in [3.05, 3.63) is 70.8 Å². The molecule has 0 aliphatic heterocycles. The molecule has 22 heavy (non-hydrogen) atoms. The van der Waals surface area contributed by atoms with Gasteiger partial charge in [-0.05, 0) is 13.0 Å². The van der Waals surface area contributed by atoms with Gasteiger partial charge in [0.05, 0.1) is 12.2 Å². The molecule has 0 aliphatic rings. The van der Waals surface area contributed by atoms with Crippen molar-refractivity contribution in [2.75, 3.05) is 20.2 Å². The lowest BCUT2D eigenvalue weighted by molar-refractivity contribution is 0.0763. The summed E-state index contributed by atoms with van der Waals surface area (Å²) in [6, 6.07) is 14.0. The highest BCUT2D eigenvalue weighted by Crippen LogP contribution is 2.17. The van der Waals surface area contributed by atoms with Crippen molar-refractivity contribution in [3.63, 3.8) is 0 Å². The van der Waals surface area contributed by atoms with Gasteiger partial charge in [0, 0.05) is 24.7 Å². The molecule has 0 bridgehead atoms. The number of aliphatic hydroxyl groups is 1. The summed E-state index contributed by atoms with van der Waals surface area (Å²) in [6.45, 7) is 2.07. The van der Waals surface area contributed by atoms with Gasteiger partial charge >= 0.3 is 0 Å². The van der Waals surface area contributed by atoms with E-state index in [2.05, 4.69) is 0 Å². The third kappa shape index (κ3) is 3.40. The van der Waals surface area contributed by atoms with Crippen LogP contribution in [0.3, 0.4) is 0 Å². The van der Waals surface area contributed by atoms with Crippen LogP contribution in [0.2, 0.25) is 0 Å². The van der Waals surface area contributed by atoms with Crippen molar-refractivity contribution >= 4 is 11.7 Å². The fourth-order valence-electron chi connectivity index (χ4n) is 2.19. The van der Waals surface area contributed by atoms with Crippen LogP contribution in [-0.2, 0) is 0 Å². The van der Waals surface area contributed by atoms with Crippen LogP contribution in [0, 0.1) is 6.92 Å². The molecule has 0 saturated carbocycles. The van der Waals surface area contributed by atoms with E-state index in [1.807, 2.05) is 19.1 Å². The Morgan fingerprint density at radius 2 is 1.59 bits per heavy atom. The summed E-state index contributed by atoms with van der Waals surface area (Å²) in [5, 5.41) is 8.95. The maximum Gasteiger partial charge on any atom is 0.254 e. The number of amides is 1. The molecular formula is C18H19NO3. The second-order valence-corrected chi connectivity index (χ2v) is 5.19. The number of ketones is 1. The Labute approximate surface area is 130 Å². The lowest BCUT2D eigenvalue weighted by Gasteiger charge is -2.17. The van der Waals surface area contributed by atoms with Crippen LogP contribution in [0.4, 0.5) is 0 Å². The highest BCUT2D eigenvalue weighted by molar-refractivity contribution is 6.15. The number of carbonyl (C=O) groups is 2. The monoisotopic (exact) mass is 297 g/mol. The number of hydrogen-bond acceptors (Lipinski definition) is 3. The summed E-state index contributed by atoms with van der Waals surface area (Å²) in [7, 11) is 1.60. The van der Waals surface area contributed by atoms with Crippen molar-refractivity contribution < 1.29 is 14.7 Å². The Balaban J connectivity index is 2.37. The van der Waals surface area contributed by atoms with Crippen molar-refractivity contribution in [1.29, 1.82) is 0 Å². The van der Waals surface area contributed by atoms with Crippen LogP contribution in [0.5, 0.6) is 0 Å². The fourth-order valence-corrected chi connectivity index (χ4v) is 2.19. The van der Waals surface area contributed by atoms with Crippen molar-refractivity contribution in [2.24, 2.45) is 0 Å². The van der Waals surface area contributed by atoms with E-state index in [4.69, 9.17) is 5.11 Å². The minimum absolute atomic E-state index is 0.115. The molecule has 2 rings (SSSR count). The molecule has 0 fully saturated rings. The number of benzene rings is 2. The van der Waals surface area contributed by atoms with Crippen molar-refractivity contribution in [3.8, 4) is 0 Å². The molecule has 0 aromatic heterocycles. The summed E-state index contributed by atoms with van der Waals surface area (Å²) in [6.07, 6.45) is 0. The summed E-state index contributed by atoms with van der Waals surface area (Å²) in [5.74, 6) is -0.452. The molecule has 114 valence electrons. The Hall–Kier alpha value is -2.46. The molecule has 0 atom stereocenters. The molecular weight excluding hydrogens is 278 g/mol. The predicted octanol–water partition coefficient (Wildman–Crippen LogP) is 2.29. The van der Waals surface area contributed by atoms with Gasteiger partial charge in [-0.25, -0.2) is 0 Å². The molecule has 1 amide bonds. The smallest absolute Gasteiger partial charge is 0.254 e. The zero-order valence-corrected chi connectivity index (χ0v) is 12.7. The molecule has 4 heteroatoms. The van der Waals surface area contributed by atoms with E-state index in [0.29, 0.717) is 16.7 Å². The van der Waals surface area contributed by atoms with E-state index in [9.17, 15) is 9.59 Å². The Morgan fingerprint density at radius 3 is 2.18 bits per heavy atom. The zero-order valence-electron chi connectivity index (χ0n) is 12.7. The second kappa shape index (κ2) is 7.00. The maximum absolute atomic E-state index is 12.6. The van der Waals surface area contributed by atoms with Gasteiger partial charge in [0.2, 0.25) is 0 Å². The first kappa shape index (κ1) is 15.9. The molecule has 1 N–H and O–H groups in total. The van der Waals surface area contributed by atoms with E-state index in [0.717, 1.165) is 5.56 Å². The highest BCUT2D eigenvalue weighted by Gasteiger charge is 2.20. The first-order valence-electron chi connectivity index (χ1n) is 7.11. The molecule has 4 nitrogen and oxygen atoms in total. The minimum atomic E-state index is -0.273. The first-order chi connectivity index (χ1) is 10.5. The molecule has 0 spiro atoms. The lowest BCUT2D eigenvalue weighted by atomic mass is 9.97. The Bertz CT molecular complexity index is 677.